The number of halogens is 5. The standard InChI is InChI=1S/C10H20O.2C10H18O.CHI3.CH2I2/c2*1-7(2)9-5-4-8(3)6-10(9)11;1-9(2)5-4-6-10(3)7-8-11;2-1(3)4;2-1-3/h7-11H,4-6H2,1-3H3;8-11H,1,4-6H2,2-3H3;5,8,10H,4,6-7H2,1-3H3;1H;1H2/t2*8-,9?,10-;10-;;/m111../s1. The summed E-state index contributed by atoms with van der Waals surface area (Å²) in [5.74, 6) is 3.55. The van der Waals surface area contributed by atoms with Crippen LogP contribution in [0.25, 0.3) is 0 Å². The minimum absolute atomic E-state index is 0.0289. The first-order chi connectivity index (χ1) is 18.5. The molecular formula is C32H59I5O3. The van der Waals surface area contributed by atoms with Crippen molar-refractivity contribution in [2.45, 2.75) is 125 Å². The molecule has 0 aliphatic heterocycles. The van der Waals surface area contributed by atoms with Gasteiger partial charge < -0.3 is 15.0 Å². The van der Waals surface area contributed by atoms with E-state index in [1.54, 1.807) is 0 Å². The normalized spacial score (nSPS) is 26.2. The Labute approximate surface area is 317 Å². The number of carbonyl (C=O) groups is 1. The van der Waals surface area contributed by atoms with Crippen LogP contribution in [-0.4, -0.2) is 31.1 Å². The van der Waals surface area contributed by atoms with Gasteiger partial charge in [-0.1, -0.05) is 178 Å². The van der Waals surface area contributed by atoms with Gasteiger partial charge in [-0.15, -0.1) is 0 Å². The van der Waals surface area contributed by atoms with Crippen molar-refractivity contribution in [3.8, 4) is 0 Å². The van der Waals surface area contributed by atoms with Crippen molar-refractivity contribution >= 4 is 119 Å². The first kappa shape index (κ1) is 47.1. The lowest BCUT2D eigenvalue weighted by molar-refractivity contribution is -0.108. The van der Waals surface area contributed by atoms with E-state index >= 15 is 0 Å². The first-order valence-corrected chi connectivity index (χ1v) is 21.4. The second kappa shape index (κ2) is 30.4. The molecule has 0 spiro atoms. The van der Waals surface area contributed by atoms with E-state index in [1.165, 1.54) is 27.3 Å². The lowest BCUT2D eigenvalue weighted by atomic mass is 9.75. The van der Waals surface area contributed by atoms with Crippen LogP contribution in [0, 0.1) is 35.5 Å². The maximum atomic E-state index is 10.1. The Bertz CT molecular complexity index is 635. The summed E-state index contributed by atoms with van der Waals surface area (Å²) in [4.78, 5) is 10.1. The van der Waals surface area contributed by atoms with Gasteiger partial charge in [-0.25, -0.2) is 0 Å². The van der Waals surface area contributed by atoms with Crippen molar-refractivity contribution in [1.82, 2.24) is 0 Å². The van der Waals surface area contributed by atoms with Gasteiger partial charge in [0.1, 0.15) is 6.22 Å². The summed E-state index contributed by atoms with van der Waals surface area (Å²) in [6.45, 7) is 21.1. The van der Waals surface area contributed by atoms with Crippen molar-refractivity contribution in [2.24, 2.45) is 35.5 Å². The average molecular weight is 1130 g/mol. The number of aliphatic hydroxyl groups excluding tert-OH is 2. The van der Waals surface area contributed by atoms with E-state index in [4.69, 9.17) is 0 Å². The highest BCUT2D eigenvalue weighted by Gasteiger charge is 2.29. The largest absolute Gasteiger partial charge is 0.393 e. The third kappa shape index (κ3) is 30.7. The van der Waals surface area contributed by atoms with E-state index < -0.39 is 0 Å². The zero-order chi connectivity index (χ0) is 31.8. The van der Waals surface area contributed by atoms with Gasteiger partial charge >= 0.3 is 0 Å². The molecule has 0 aromatic rings. The lowest BCUT2D eigenvalue weighted by Gasteiger charge is -2.33. The number of carbonyl (C=O) groups excluding carboxylic acids is 1. The van der Waals surface area contributed by atoms with Crippen LogP contribution in [0.15, 0.2) is 23.8 Å². The molecule has 0 radical (unpaired) electrons. The lowest BCUT2D eigenvalue weighted by Crippen LogP contribution is -2.31. The predicted octanol–water partition coefficient (Wildman–Crippen LogP) is 12.1. The number of allylic oxidation sites excluding steroid dienone is 2. The maximum absolute atomic E-state index is 10.1. The first-order valence-electron chi connectivity index (χ1n) is 14.7. The van der Waals surface area contributed by atoms with Crippen LogP contribution in [-0.2, 0) is 4.79 Å². The molecule has 240 valence electrons. The van der Waals surface area contributed by atoms with Crippen molar-refractivity contribution in [2.75, 3.05) is 2.43 Å². The van der Waals surface area contributed by atoms with E-state index in [-0.39, 0.29) is 12.2 Å². The van der Waals surface area contributed by atoms with Crippen LogP contribution < -0.4 is 0 Å². The molecule has 2 N–H and O–H groups in total. The van der Waals surface area contributed by atoms with Crippen molar-refractivity contribution in [3.63, 3.8) is 0 Å². The van der Waals surface area contributed by atoms with Gasteiger partial charge in [0.15, 0.2) is 0 Å². The summed E-state index contributed by atoms with van der Waals surface area (Å²) >= 11 is 11.5. The fourth-order valence-corrected chi connectivity index (χ4v) is 5.02. The van der Waals surface area contributed by atoms with Gasteiger partial charge in [0, 0.05) is 12.3 Å². The summed E-state index contributed by atoms with van der Waals surface area (Å²) < 4.78 is 1.93. The molecule has 0 aromatic heterocycles. The average Bonchev–Trinajstić information content (AvgIpc) is 2.79. The Hall–Kier alpha value is 2.72. The highest BCUT2D eigenvalue weighted by atomic mass is 127. The van der Waals surface area contributed by atoms with Gasteiger partial charge in [-0.05, 0) is 95.3 Å². The number of aliphatic hydroxyl groups is 2. The van der Waals surface area contributed by atoms with Gasteiger partial charge in [0.25, 0.3) is 0 Å². The Balaban J connectivity index is -0.000000459. The molecule has 2 aliphatic carbocycles. The summed E-state index contributed by atoms with van der Waals surface area (Å²) in [7, 11) is 0. The Morgan fingerprint density at radius 1 is 0.900 bits per heavy atom. The minimum Gasteiger partial charge on any atom is -0.393 e. The van der Waals surface area contributed by atoms with Crippen LogP contribution in [0.3, 0.4) is 0 Å². The SMILES string of the molecule is C=C(C)C1CC[C@@H](C)C[C@H]1O.CC(C)=CCC[C@@H](C)CC=O.CC(C)C1CC[C@@H](C)C[C@H]1O.IC(I)I.ICI. The monoisotopic (exact) mass is 1130 g/mol. The summed E-state index contributed by atoms with van der Waals surface area (Å²) in [5, 5.41) is 19.4. The molecule has 0 aromatic carbocycles. The Kier molecular flexibility index (Phi) is 35.8. The summed E-state index contributed by atoms with van der Waals surface area (Å²) in [6.07, 6.45) is 12.9. The smallest absolute Gasteiger partial charge is 0.120 e. The molecule has 2 saturated carbocycles. The third-order valence-corrected chi connectivity index (χ3v) is 7.41. The number of aldehydes is 1. The maximum Gasteiger partial charge on any atom is 0.120 e. The van der Waals surface area contributed by atoms with Crippen LogP contribution in [0.2, 0.25) is 0 Å². The second-order valence-corrected chi connectivity index (χ2v) is 27.4. The molecule has 2 fully saturated rings. The molecular weight excluding hydrogens is 1070 g/mol. The summed E-state index contributed by atoms with van der Waals surface area (Å²) in [6, 6.07) is 0. The zero-order valence-corrected chi connectivity index (χ0v) is 37.1. The molecule has 7 atom stereocenters. The minimum atomic E-state index is -0.128. The fourth-order valence-electron chi connectivity index (χ4n) is 5.02. The van der Waals surface area contributed by atoms with Crippen LogP contribution in [0.5, 0.6) is 0 Å². The molecule has 40 heavy (non-hydrogen) atoms. The Morgan fingerprint density at radius 3 is 1.70 bits per heavy atom. The fraction of sp³-hybridized carbons (Fsp3) is 0.844. The van der Waals surface area contributed by atoms with Crippen LogP contribution in [0.1, 0.15) is 113 Å². The van der Waals surface area contributed by atoms with E-state index in [1.807, 2.05) is 6.92 Å². The third-order valence-electron chi connectivity index (χ3n) is 7.41. The van der Waals surface area contributed by atoms with Crippen molar-refractivity contribution in [3.05, 3.63) is 23.8 Å². The molecule has 2 unspecified atom stereocenters. The molecule has 0 amide bonds. The molecule has 0 bridgehead atoms. The molecule has 8 heteroatoms. The highest BCUT2D eigenvalue weighted by Crippen LogP contribution is 2.33. The quantitative estimate of drug-likeness (QED) is 0.116. The Morgan fingerprint density at radius 2 is 1.35 bits per heavy atom. The van der Waals surface area contributed by atoms with E-state index in [0.717, 1.165) is 49.8 Å². The number of rotatable bonds is 7. The van der Waals surface area contributed by atoms with Crippen LogP contribution in [0.4, 0.5) is 0 Å². The number of hydrogen-bond acceptors (Lipinski definition) is 3. The summed E-state index contributed by atoms with van der Waals surface area (Å²) in [5.41, 5.74) is 2.51. The van der Waals surface area contributed by atoms with Crippen molar-refractivity contribution < 1.29 is 15.0 Å². The molecule has 2 aliphatic rings. The van der Waals surface area contributed by atoms with Gasteiger partial charge in [-0.2, -0.15) is 0 Å². The molecule has 3 nitrogen and oxygen atoms in total. The zero-order valence-electron chi connectivity index (χ0n) is 26.3. The van der Waals surface area contributed by atoms with Gasteiger partial charge in [-0.3, -0.25) is 0 Å². The highest BCUT2D eigenvalue weighted by molar-refractivity contribution is 14.3. The second-order valence-electron chi connectivity index (χ2n) is 12.0. The number of hydrogen-bond donors (Lipinski definition) is 2. The molecule has 0 saturated heterocycles. The predicted molar refractivity (Wildman–Crippen MR) is 222 cm³/mol. The van der Waals surface area contributed by atoms with Gasteiger partial charge in [0.05, 0.1) is 14.6 Å². The van der Waals surface area contributed by atoms with E-state index in [0.29, 0.717) is 36.0 Å². The van der Waals surface area contributed by atoms with Crippen LogP contribution >= 0.6 is 113 Å². The van der Waals surface area contributed by atoms with Crippen molar-refractivity contribution in [1.29, 1.82) is 0 Å². The van der Waals surface area contributed by atoms with Gasteiger partial charge in [0.2, 0.25) is 0 Å². The van der Waals surface area contributed by atoms with E-state index in [2.05, 4.69) is 174 Å². The molecule has 2 rings (SSSR count). The molecule has 0 heterocycles. The van der Waals surface area contributed by atoms with E-state index in [9.17, 15) is 15.0 Å². The topological polar surface area (TPSA) is 57.5 Å². The number of alkyl halides is 5.